The largest absolute Gasteiger partial charge is 0.437 e. The van der Waals surface area contributed by atoms with Crippen molar-refractivity contribution in [3.8, 4) is 0 Å². The van der Waals surface area contributed by atoms with Gasteiger partial charge in [0.05, 0.1) is 0 Å². The Hall–Kier alpha value is -3.60. The summed E-state index contributed by atoms with van der Waals surface area (Å²) in [5.74, 6) is -1.77. The fraction of sp³-hybridized carbons (Fsp3) is 0.154. The number of hydrogen-bond donors (Lipinski definition) is 0. The van der Waals surface area contributed by atoms with Gasteiger partial charge in [0.15, 0.2) is 11.6 Å². The summed E-state index contributed by atoms with van der Waals surface area (Å²) in [6.07, 6.45) is 5.33. The average molecular weight is 416 g/mol. The van der Waals surface area contributed by atoms with E-state index in [0.717, 1.165) is 44.8 Å². The third-order valence-corrected chi connectivity index (χ3v) is 5.28. The summed E-state index contributed by atoms with van der Waals surface area (Å²) in [7, 11) is 1.66. The molecule has 156 valence electrons. The number of aromatic nitrogens is 1. The molecular formula is C26H22F2N2O. The Morgan fingerprint density at radius 2 is 1.77 bits per heavy atom. The standard InChI is InChI=1S/C26H22F2N2O/c1-15-5-8-20-21-9-6-17(3)30-26(21)31-25(20)24(15)16(2)13-19(11-12-29-4)18-7-10-22(27)23(28)14-18/h5-14H,1-4H3/b16-13+,19-11+,29-12+. The highest BCUT2D eigenvalue weighted by Gasteiger charge is 2.16. The van der Waals surface area contributed by atoms with Crippen molar-refractivity contribution < 1.29 is 13.2 Å². The van der Waals surface area contributed by atoms with Crippen molar-refractivity contribution in [2.45, 2.75) is 20.8 Å². The van der Waals surface area contributed by atoms with Crippen molar-refractivity contribution >= 4 is 39.4 Å². The molecule has 31 heavy (non-hydrogen) atoms. The van der Waals surface area contributed by atoms with Crippen molar-refractivity contribution in [2.75, 3.05) is 7.05 Å². The number of benzene rings is 2. The number of aryl methyl sites for hydroxylation is 2. The van der Waals surface area contributed by atoms with Gasteiger partial charge in [0.2, 0.25) is 5.71 Å². The van der Waals surface area contributed by atoms with Crippen LogP contribution in [0.15, 0.2) is 64.0 Å². The lowest BCUT2D eigenvalue weighted by Crippen LogP contribution is -1.91. The molecule has 2 aromatic heterocycles. The monoisotopic (exact) mass is 416 g/mol. The minimum absolute atomic E-state index is 0.560. The van der Waals surface area contributed by atoms with E-state index in [4.69, 9.17) is 4.42 Å². The number of pyridine rings is 1. The van der Waals surface area contributed by atoms with Crippen molar-refractivity contribution in [2.24, 2.45) is 4.99 Å². The topological polar surface area (TPSA) is 38.4 Å². The van der Waals surface area contributed by atoms with Crippen LogP contribution < -0.4 is 0 Å². The number of hydrogen-bond acceptors (Lipinski definition) is 3. The van der Waals surface area contributed by atoms with Gasteiger partial charge in [-0.25, -0.2) is 13.8 Å². The van der Waals surface area contributed by atoms with Crippen LogP contribution in [0, 0.1) is 25.5 Å². The van der Waals surface area contributed by atoms with E-state index in [2.05, 4.69) is 16.0 Å². The molecule has 5 heteroatoms. The summed E-state index contributed by atoms with van der Waals surface area (Å²) in [6, 6.07) is 12.0. The minimum atomic E-state index is -0.889. The smallest absolute Gasteiger partial charge is 0.227 e. The summed E-state index contributed by atoms with van der Waals surface area (Å²) in [5, 5.41) is 1.95. The Labute approximate surface area is 179 Å². The molecule has 0 aliphatic rings. The quantitative estimate of drug-likeness (QED) is 0.264. The van der Waals surface area contributed by atoms with Gasteiger partial charge in [-0.05, 0) is 73.4 Å². The minimum Gasteiger partial charge on any atom is -0.437 e. The molecule has 2 heterocycles. The molecule has 4 rings (SSSR count). The van der Waals surface area contributed by atoms with Crippen LogP contribution in [0.1, 0.15) is 29.3 Å². The molecule has 0 aliphatic heterocycles. The van der Waals surface area contributed by atoms with E-state index in [1.807, 2.05) is 45.0 Å². The van der Waals surface area contributed by atoms with Crippen LogP contribution >= 0.6 is 0 Å². The Kier molecular flexibility index (Phi) is 5.51. The Morgan fingerprint density at radius 1 is 1.00 bits per heavy atom. The van der Waals surface area contributed by atoms with Crippen LogP contribution in [0.2, 0.25) is 0 Å². The molecule has 0 amide bonds. The average Bonchev–Trinajstić information content (AvgIpc) is 3.09. The molecule has 3 nitrogen and oxygen atoms in total. The van der Waals surface area contributed by atoms with Crippen LogP contribution in [0.3, 0.4) is 0 Å². The van der Waals surface area contributed by atoms with Gasteiger partial charge in [0.25, 0.3) is 0 Å². The first kappa shape index (κ1) is 20.7. The van der Waals surface area contributed by atoms with Gasteiger partial charge in [0.1, 0.15) is 5.58 Å². The second-order valence-corrected chi connectivity index (χ2v) is 7.53. The highest BCUT2D eigenvalue weighted by atomic mass is 19.2. The molecule has 0 N–H and O–H groups in total. The molecule has 0 saturated heterocycles. The van der Waals surface area contributed by atoms with E-state index in [1.165, 1.54) is 6.07 Å². The van der Waals surface area contributed by atoms with Crippen LogP contribution in [0.5, 0.6) is 0 Å². The third-order valence-electron chi connectivity index (χ3n) is 5.28. The molecular weight excluding hydrogens is 394 g/mol. The van der Waals surface area contributed by atoms with Gasteiger partial charge >= 0.3 is 0 Å². The fourth-order valence-electron chi connectivity index (χ4n) is 3.77. The number of halogens is 2. The molecule has 0 atom stereocenters. The van der Waals surface area contributed by atoms with Crippen LogP contribution in [0.4, 0.5) is 8.78 Å². The summed E-state index contributed by atoms with van der Waals surface area (Å²) in [5.41, 5.74) is 6.45. The molecule has 0 saturated carbocycles. The molecule has 2 aromatic carbocycles. The Bertz CT molecular complexity index is 1390. The number of aliphatic imine (C=N–C) groups is 1. The van der Waals surface area contributed by atoms with E-state index in [-0.39, 0.29) is 0 Å². The number of allylic oxidation sites excluding steroid dienone is 4. The number of fused-ring (bicyclic) bond motifs is 3. The normalized spacial score (nSPS) is 13.1. The van der Waals surface area contributed by atoms with Gasteiger partial charge in [-0.2, -0.15) is 0 Å². The Morgan fingerprint density at radius 3 is 2.52 bits per heavy atom. The van der Waals surface area contributed by atoms with Crippen molar-refractivity contribution in [3.05, 3.63) is 88.6 Å². The van der Waals surface area contributed by atoms with Gasteiger partial charge in [-0.1, -0.05) is 24.3 Å². The molecule has 4 aromatic rings. The maximum Gasteiger partial charge on any atom is 0.227 e. The lowest BCUT2D eigenvalue weighted by atomic mass is 9.95. The van der Waals surface area contributed by atoms with Crippen molar-refractivity contribution in [1.29, 1.82) is 0 Å². The van der Waals surface area contributed by atoms with E-state index in [9.17, 15) is 8.78 Å². The zero-order chi connectivity index (χ0) is 22.1. The van der Waals surface area contributed by atoms with Gasteiger partial charge < -0.3 is 4.42 Å². The molecule has 0 aliphatic carbocycles. The predicted molar refractivity (Wildman–Crippen MR) is 123 cm³/mol. The second-order valence-electron chi connectivity index (χ2n) is 7.53. The molecule has 0 spiro atoms. The van der Waals surface area contributed by atoms with E-state index < -0.39 is 11.6 Å². The van der Waals surface area contributed by atoms with E-state index >= 15 is 0 Å². The van der Waals surface area contributed by atoms with Crippen molar-refractivity contribution in [1.82, 2.24) is 4.98 Å². The van der Waals surface area contributed by atoms with E-state index in [1.54, 1.807) is 25.4 Å². The van der Waals surface area contributed by atoms with Crippen molar-refractivity contribution in [3.63, 3.8) is 0 Å². The first-order valence-corrected chi connectivity index (χ1v) is 9.95. The highest BCUT2D eigenvalue weighted by molar-refractivity contribution is 6.08. The summed E-state index contributed by atoms with van der Waals surface area (Å²) >= 11 is 0. The first-order chi connectivity index (χ1) is 14.9. The zero-order valence-corrected chi connectivity index (χ0v) is 17.8. The highest BCUT2D eigenvalue weighted by Crippen LogP contribution is 2.36. The molecule has 0 fully saturated rings. The summed E-state index contributed by atoms with van der Waals surface area (Å²) < 4.78 is 33.5. The third kappa shape index (κ3) is 3.91. The predicted octanol–water partition coefficient (Wildman–Crippen LogP) is 7.06. The SMILES string of the molecule is C/N=C/C=C(\C=C(/C)c1c(C)ccc2c1oc1nc(C)ccc12)c1ccc(F)c(F)c1. The second kappa shape index (κ2) is 8.26. The van der Waals surface area contributed by atoms with Crippen LogP contribution in [-0.4, -0.2) is 18.2 Å². The van der Waals surface area contributed by atoms with Gasteiger partial charge in [0, 0.05) is 35.3 Å². The van der Waals surface area contributed by atoms with Gasteiger partial charge in [-0.15, -0.1) is 0 Å². The fourth-order valence-corrected chi connectivity index (χ4v) is 3.77. The Balaban J connectivity index is 1.91. The van der Waals surface area contributed by atoms with Crippen LogP contribution in [0.25, 0.3) is 33.2 Å². The molecule has 0 radical (unpaired) electrons. The number of rotatable bonds is 4. The van der Waals surface area contributed by atoms with Crippen LogP contribution in [-0.2, 0) is 0 Å². The lowest BCUT2D eigenvalue weighted by Gasteiger charge is -2.10. The first-order valence-electron chi connectivity index (χ1n) is 9.95. The zero-order valence-electron chi connectivity index (χ0n) is 17.8. The van der Waals surface area contributed by atoms with Gasteiger partial charge in [-0.3, -0.25) is 4.99 Å². The summed E-state index contributed by atoms with van der Waals surface area (Å²) in [6.45, 7) is 5.93. The number of nitrogens with zero attached hydrogens (tertiary/aromatic N) is 2. The molecule has 0 bridgehead atoms. The van der Waals surface area contributed by atoms with E-state index in [0.29, 0.717) is 16.9 Å². The molecule has 0 unspecified atom stereocenters. The number of furan rings is 1. The lowest BCUT2D eigenvalue weighted by molar-refractivity contribution is 0.508. The summed E-state index contributed by atoms with van der Waals surface area (Å²) in [4.78, 5) is 8.52. The maximum atomic E-state index is 13.9. The maximum absolute atomic E-state index is 13.9.